The number of amides is 1. The fourth-order valence-electron chi connectivity index (χ4n) is 4.03. The molecule has 0 spiro atoms. The number of aromatic nitrogens is 2. The van der Waals surface area contributed by atoms with Gasteiger partial charge in [0, 0.05) is 0 Å². The van der Waals surface area contributed by atoms with Crippen molar-refractivity contribution in [2.24, 2.45) is 0 Å². The van der Waals surface area contributed by atoms with Gasteiger partial charge in [-0.05, 0) is 20.8 Å². The normalized spacial score (nSPS) is 19.9. The number of hydrogen-bond acceptors (Lipinski definition) is 5. The van der Waals surface area contributed by atoms with E-state index < -0.39 is 24.0 Å². The van der Waals surface area contributed by atoms with Crippen molar-refractivity contribution in [2.75, 3.05) is 18.0 Å². The van der Waals surface area contributed by atoms with Crippen LogP contribution in [0.3, 0.4) is 0 Å². The first-order valence-electron chi connectivity index (χ1n) is 11.1. The minimum atomic E-state index is -2.19. The Kier molecular flexibility index (Phi) is 5.66. The standard InChI is InChI=1S/C20H25N4O2.3CH3.Sn/c1-20(2,3)26-19(25)24(14-6-7-14)15-10-12-23(13-15)18-9-8-16-17(22-18)5-4-11-21-16;;;;/h4-5,8-9,14-15H,6-7,10,12-13H2,1-3H3;3*1H3;. The van der Waals surface area contributed by atoms with E-state index in [0.717, 1.165) is 49.2 Å². The van der Waals surface area contributed by atoms with Crippen LogP contribution in [-0.4, -0.2) is 70.1 Å². The van der Waals surface area contributed by atoms with Gasteiger partial charge < -0.3 is 0 Å². The first-order chi connectivity index (χ1) is 14.0. The van der Waals surface area contributed by atoms with Gasteiger partial charge in [-0.1, -0.05) is 0 Å². The number of ether oxygens (including phenoxy) is 1. The molecule has 0 bridgehead atoms. The number of anilines is 1. The number of fused-ring (bicyclic) bond motifs is 1. The van der Waals surface area contributed by atoms with Crippen LogP contribution in [0.1, 0.15) is 40.0 Å². The van der Waals surface area contributed by atoms with Crippen molar-refractivity contribution >= 4 is 45.0 Å². The van der Waals surface area contributed by atoms with Gasteiger partial charge in [0.15, 0.2) is 0 Å². The molecule has 1 saturated heterocycles. The van der Waals surface area contributed by atoms with E-state index in [9.17, 15) is 4.79 Å². The van der Waals surface area contributed by atoms with Gasteiger partial charge in [-0.25, -0.2) is 0 Å². The molecule has 30 heavy (non-hydrogen) atoms. The summed E-state index contributed by atoms with van der Waals surface area (Å²) in [6, 6.07) is 8.97. The fraction of sp³-hybridized carbons (Fsp3) is 0.609. The summed E-state index contributed by atoms with van der Waals surface area (Å²) >= 11 is -2.19. The molecule has 7 heteroatoms. The summed E-state index contributed by atoms with van der Waals surface area (Å²) in [5.74, 6) is 0.971. The van der Waals surface area contributed by atoms with Gasteiger partial charge in [0.25, 0.3) is 0 Å². The molecule has 162 valence electrons. The Hall–Kier alpha value is -1.57. The molecule has 0 radical (unpaired) electrons. The quantitative estimate of drug-likeness (QED) is 0.571. The zero-order valence-corrected chi connectivity index (χ0v) is 22.0. The monoisotopic (exact) mass is 518 g/mol. The van der Waals surface area contributed by atoms with E-state index in [0.29, 0.717) is 6.04 Å². The number of carbonyl (C=O) groups excluding carboxylic acids is 1. The van der Waals surface area contributed by atoms with Gasteiger partial charge in [0.2, 0.25) is 0 Å². The Bertz CT molecular complexity index is 946. The van der Waals surface area contributed by atoms with Crippen LogP contribution in [0.15, 0.2) is 24.3 Å². The maximum absolute atomic E-state index is 12.8. The third-order valence-electron chi connectivity index (χ3n) is 5.72. The van der Waals surface area contributed by atoms with Gasteiger partial charge in [-0.15, -0.1) is 0 Å². The number of nitrogens with zero attached hydrogens (tertiary/aromatic N) is 4. The van der Waals surface area contributed by atoms with E-state index in [4.69, 9.17) is 14.7 Å². The molecule has 6 nitrogen and oxygen atoms in total. The predicted octanol–water partition coefficient (Wildman–Crippen LogP) is 4.15. The summed E-state index contributed by atoms with van der Waals surface area (Å²) in [6.45, 7) is 7.49. The Morgan fingerprint density at radius 3 is 2.33 bits per heavy atom. The van der Waals surface area contributed by atoms with Crippen LogP contribution in [-0.2, 0) is 4.74 Å². The Morgan fingerprint density at radius 1 is 1.03 bits per heavy atom. The second-order valence-electron chi connectivity index (χ2n) is 10.7. The second kappa shape index (κ2) is 7.84. The zero-order chi connectivity index (χ0) is 21.7. The van der Waals surface area contributed by atoms with E-state index >= 15 is 0 Å². The average Bonchev–Trinajstić information content (AvgIpc) is 3.34. The first kappa shape index (κ1) is 21.7. The van der Waals surface area contributed by atoms with Gasteiger partial charge in [0.1, 0.15) is 5.60 Å². The van der Waals surface area contributed by atoms with Crippen molar-refractivity contribution in [1.82, 2.24) is 14.9 Å². The Labute approximate surface area is 183 Å². The van der Waals surface area contributed by atoms with Crippen LogP contribution < -0.4 is 8.61 Å². The van der Waals surface area contributed by atoms with Gasteiger partial charge >= 0.3 is 158 Å². The summed E-state index contributed by atoms with van der Waals surface area (Å²) in [5, 5.41) is 0. The van der Waals surface area contributed by atoms with E-state index in [1.165, 1.54) is 3.71 Å². The predicted molar refractivity (Wildman–Crippen MR) is 124 cm³/mol. The zero-order valence-electron chi connectivity index (χ0n) is 19.1. The summed E-state index contributed by atoms with van der Waals surface area (Å²) in [6.07, 6.45) is 2.94. The molecule has 2 aromatic heterocycles. The van der Waals surface area contributed by atoms with Crippen LogP contribution >= 0.6 is 0 Å². The van der Waals surface area contributed by atoms with Crippen LogP contribution in [0.2, 0.25) is 14.8 Å². The molecule has 2 fully saturated rings. The molecule has 1 unspecified atom stereocenters. The Morgan fingerprint density at radius 2 is 1.70 bits per heavy atom. The average molecular weight is 517 g/mol. The third-order valence-corrected chi connectivity index (χ3v) is 10.9. The van der Waals surface area contributed by atoms with E-state index in [1.807, 2.05) is 25.7 Å². The number of rotatable bonds is 4. The number of hydrogen-bond donors (Lipinski definition) is 0. The minimum absolute atomic E-state index is 0.173. The summed E-state index contributed by atoms with van der Waals surface area (Å²) in [4.78, 5) is 34.0. The molecule has 0 aromatic carbocycles. The molecule has 1 aliphatic carbocycles. The van der Waals surface area contributed by atoms with E-state index in [2.05, 4.69) is 44.0 Å². The summed E-state index contributed by atoms with van der Waals surface area (Å²) < 4.78 is 6.98. The van der Waals surface area contributed by atoms with Crippen LogP contribution in [0, 0.1) is 0 Å². The van der Waals surface area contributed by atoms with Crippen LogP contribution in [0.4, 0.5) is 10.6 Å². The molecule has 1 saturated carbocycles. The molecule has 2 aliphatic rings. The van der Waals surface area contributed by atoms with E-state index in [-0.39, 0.29) is 12.1 Å². The first-order valence-corrected chi connectivity index (χ1v) is 21.0. The maximum atomic E-state index is 12.8. The Balaban J connectivity index is 1.50. The summed E-state index contributed by atoms with van der Waals surface area (Å²) in [7, 11) is 0. The summed E-state index contributed by atoms with van der Waals surface area (Å²) in [5.41, 5.74) is 1.46. The van der Waals surface area contributed by atoms with Crippen molar-refractivity contribution in [2.45, 2.75) is 72.5 Å². The van der Waals surface area contributed by atoms with Crippen molar-refractivity contribution in [3.05, 3.63) is 24.3 Å². The molecule has 1 atom stereocenters. The van der Waals surface area contributed by atoms with Crippen LogP contribution in [0.25, 0.3) is 11.0 Å². The van der Waals surface area contributed by atoms with Crippen molar-refractivity contribution in [3.63, 3.8) is 0 Å². The molecule has 3 heterocycles. The van der Waals surface area contributed by atoms with E-state index in [1.54, 1.807) is 0 Å². The molecule has 2 aromatic rings. The van der Waals surface area contributed by atoms with Gasteiger partial charge in [-0.3, -0.25) is 0 Å². The SMILES string of the molecule is CC(C)(C)OC(=O)N(C1CC1)C1CCN(c2ccc3n[c]([Sn]([CH3])([CH3])[CH3])ccc3n2)C1. The molecule has 0 N–H and O–H groups in total. The van der Waals surface area contributed by atoms with Crippen LogP contribution in [0.5, 0.6) is 0 Å². The molecular weight excluding hydrogens is 483 g/mol. The fourth-order valence-corrected chi connectivity index (χ4v) is 7.00. The number of pyridine rings is 2. The topological polar surface area (TPSA) is 58.6 Å². The second-order valence-corrected chi connectivity index (χ2v) is 25.0. The number of carbonyl (C=O) groups is 1. The third kappa shape index (κ3) is 4.84. The molecule has 1 aliphatic heterocycles. The molecule has 1 amide bonds. The van der Waals surface area contributed by atoms with Crippen molar-refractivity contribution < 1.29 is 9.53 Å². The van der Waals surface area contributed by atoms with Crippen molar-refractivity contribution in [1.29, 1.82) is 0 Å². The molecular formula is C23H34N4O2Sn. The van der Waals surface area contributed by atoms with Crippen molar-refractivity contribution in [3.8, 4) is 0 Å². The molecule has 4 rings (SSSR count). The van der Waals surface area contributed by atoms with Gasteiger partial charge in [0.05, 0.1) is 0 Å². The van der Waals surface area contributed by atoms with Gasteiger partial charge in [-0.2, -0.15) is 0 Å².